The molecule has 0 fully saturated rings. The van der Waals surface area contributed by atoms with E-state index < -0.39 is 20.0 Å². The summed E-state index contributed by atoms with van der Waals surface area (Å²) in [6, 6.07) is 33.0. The van der Waals surface area contributed by atoms with E-state index in [4.69, 9.17) is 23.2 Å². The van der Waals surface area contributed by atoms with E-state index in [9.17, 15) is 26.4 Å². The van der Waals surface area contributed by atoms with Crippen LogP contribution in [0.15, 0.2) is 148 Å². The fourth-order valence-corrected chi connectivity index (χ4v) is 8.50. The highest BCUT2D eigenvalue weighted by atomic mass is 35.5. The number of anilines is 3. The number of carbonyl (C=O) groups is 2. The summed E-state index contributed by atoms with van der Waals surface area (Å²) in [5, 5.41) is 4.05. The molecule has 4 aromatic carbocycles. The van der Waals surface area contributed by atoms with Crippen molar-refractivity contribution in [2.75, 3.05) is 14.8 Å². The molecule has 0 bridgehead atoms. The number of rotatable bonds is 14. The van der Waals surface area contributed by atoms with Gasteiger partial charge in [-0.3, -0.25) is 19.0 Å². The number of nitrogens with zero attached hydrogens (tertiary/aromatic N) is 2. The number of halogens is 2. The molecule has 2 aromatic heterocycles. The molecule has 58 heavy (non-hydrogen) atoms. The molecule has 0 saturated heterocycles. The lowest BCUT2D eigenvalue weighted by molar-refractivity contribution is 0.103. The Balaban J connectivity index is 0.000000221. The summed E-state index contributed by atoms with van der Waals surface area (Å²) in [7, 11) is -7.87. The maximum atomic E-state index is 12.9. The van der Waals surface area contributed by atoms with Crippen molar-refractivity contribution < 1.29 is 26.4 Å². The molecule has 16 heteroatoms. The molecule has 0 aliphatic heterocycles. The third-order valence-electron chi connectivity index (χ3n) is 7.86. The number of hydrogen-bond acceptors (Lipinski definition) is 10. The molecule has 0 aliphatic carbocycles. The number of hydrogen-bond donors (Lipinski definition) is 3. The van der Waals surface area contributed by atoms with Gasteiger partial charge in [-0.15, -0.1) is 11.8 Å². The van der Waals surface area contributed by atoms with Gasteiger partial charge in [-0.1, -0.05) is 97.7 Å². The van der Waals surface area contributed by atoms with E-state index in [0.29, 0.717) is 16.4 Å². The molecule has 6 aromatic rings. The van der Waals surface area contributed by atoms with E-state index in [2.05, 4.69) is 38.6 Å². The van der Waals surface area contributed by atoms with Crippen LogP contribution in [-0.4, -0.2) is 49.7 Å². The van der Waals surface area contributed by atoms with E-state index in [1.165, 1.54) is 48.8 Å². The third kappa shape index (κ3) is 11.9. The van der Waals surface area contributed by atoms with Crippen molar-refractivity contribution in [3.8, 4) is 0 Å². The Morgan fingerprint density at radius 3 is 1.36 bits per heavy atom. The minimum Gasteiger partial charge on any atom is -0.383 e. The Morgan fingerprint density at radius 2 is 0.983 bits per heavy atom. The second-order valence-electron chi connectivity index (χ2n) is 13.2. The van der Waals surface area contributed by atoms with Gasteiger partial charge in [-0.25, -0.2) is 26.8 Å². The fraction of sp³-hybridized carbons (Fsp3) is 0.143. The SMILES string of the molecule is CC(C)Nc1ccc(S(=O)(=O)Nc2ncc(Cl)cc2C(=O)c2ccccc2)cc1.CC(C)Sc1ccc(S(=O)(=O)Nc2ncc(Cl)cc2C(=O)c2ccccc2)cc1. The van der Waals surface area contributed by atoms with Crippen molar-refractivity contribution in [2.24, 2.45) is 0 Å². The standard InChI is InChI=1S/C21H20ClN3O3S.C21H19ClN2O3S2/c1-14(2)24-17-8-10-18(11-9-17)29(27,28)25-21-19(12-16(22)13-23-21)20(26)15-6-4-3-5-7-15;1-14(2)28-17-8-10-18(11-9-17)29(26,27)24-21-19(12-16(22)13-23-21)20(25)15-6-4-3-5-7-15/h3-14,24H,1-2H3,(H,23,25);3-14H,1-2H3,(H,23,24). The monoisotopic (exact) mass is 875 g/mol. The number of pyridine rings is 2. The number of carbonyl (C=O) groups excluding carboxylic acids is 2. The van der Waals surface area contributed by atoms with Gasteiger partial charge < -0.3 is 5.32 Å². The molecule has 0 saturated carbocycles. The zero-order chi connectivity index (χ0) is 42.0. The van der Waals surface area contributed by atoms with Gasteiger partial charge in [-0.05, 0) is 74.5 Å². The van der Waals surface area contributed by atoms with Crippen molar-refractivity contribution in [1.82, 2.24) is 9.97 Å². The summed E-state index contributed by atoms with van der Waals surface area (Å²) in [5.41, 5.74) is 1.78. The van der Waals surface area contributed by atoms with Crippen molar-refractivity contribution in [2.45, 2.75) is 53.7 Å². The second kappa shape index (κ2) is 19.5. The first-order valence-corrected chi connectivity index (χ1v) is 22.3. The molecule has 0 atom stereocenters. The van der Waals surface area contributed by atoms with E-state index in [-0.39, 0.29) is 60.2 Å². The fourth-order valence-electron chi connectivity index (χ4n) is 5.28. The molecule has 11 nitrogen and oxygen atoms in total. The summed E-state index contributed by atoms with van der Waals surface area (Å²) in [6.07, 6.45) is 2.58. The van der Waals surface area contributed by atoms with E-state index in [1.807, 2.05) is 13.8 Å². The van der Waals surface area contributed by atoms with Crippen LogP contribution in [0.25, 0.3) is 0 Å². The highest BCUT2D eigenvalue weighted by Gasteiger charge is 2.23. The molecule has 6 rings (SSSR count). The van der Waals surface area contributed by atoms with Crippen LogP contribution >= 0.6 is 35.0 Å². The molecular formula is C42H39Cl2N5O6S3. The predicted molar refractivity (Wildman–Crippen MR) is 232 cm³/mol. The van der Waals surface area contributed by atoms with Crippen LogP contribution in [0.3, 0.4) is 0 Å². The number of ketones is 2. The zero-order valence-electron chi connectivity index (χ0n) is 31.7. The van der Waals surface area contributed by atoms with E-state index >= 15 is 0 Å². The quantitative estimate of drug-likeness (QED) is 0.0709. The van der Waals surface area contributed by atoms with Gasteiger partial charge in [0.15, 0.2) is 23.2 Å². The Labute approximate surface area is 352 Å². The number of sulfonamides is 2. The first kappa shape index (κ1) is 43.9. The maximum absolute atomic E-state index is 12.9. The van der Waals surface area contributed by atoms with Crippen LogP contribution in [0.1, 0.15) is 59.5 Å². The first-order chi connectivity index (χ1) is 27.5. The zero-order valence-corrected chi connectivity index (χ0v) is 35.6. The minimum atomic E-state index is -3.95. The van der Waals surface area contributed by atoms with E-state index in [0.717, 1.165) is 10.6 Å². The van der Waals surface area contributed by atoms with Crippen molar-refractivity contribution in [3.05, 3.63) is 166 Å². The van der Waals surface area contributed by atoms with Crippen molar-refractivity contribution >= 4 is 83.9 Å². The Bertz CT molecular complexity index is 2410. The lowest BCUT2D eigenvalue weighted by atomic mass is 10.0. The van der Waals surface area contributed by atoms with Gasteiger partial charge in [0.2, 0.25) is 0 Å². The smallest absolute Gasteiger partial charge is 0.263 e. The Hall–Kier alpha value is -5.25. The minimum absolute atomic E-state index is 0.0571. The topological polar surface area (TPSA) is 164 Å². The highest BCUT2D eigenvalue weighted by molar-refractivity contribution is 8.00. The van der Waals surface area contributed by atoms with Gasteiger partial charge in [-0.2, -0.15) is 0 Å². The van der Waals surface area contributed by atoms with Crippen molar-refractivity contribution in [1.29, 1.82) is 0 Å². The number of nitrogens with one attached hydrogen (secondary N) is 3. The third-order valence-corrected chi connectivity index (χ3v) is 12.0. The highest BCUT2D eigenvalue weighted by Crippen LogP contribution is 2.28. The van der Waals surface area contributed by atoms with Crippen LogP contribution in [0, 0.1) is 0 Å². The maximum Gasteiger partial charge on any atom is 0.263 e. The molecule has 0 amide bonds. The summed E-state index contributed by atoms with van der Waals surface area (Å²) in [4.78, 5) is 34.9. The second-order valence-corrected chi connectivity index (χ2v) is 19.0. The number of thioether (sulfide) groups is 1. The number of benzene rings is 4. The van der Waals surface area contributed by atoms with Crippen LogP contribution in [0.4, 0.5) is 17.3 Å². The van der Waals surface area contributed by atoms with Crippen LogP contribution in [0.2, 0.25) is 10.0 Å². The molecule has 2 heterocycles. The van der Waals surface area contributed by atoms with Gasteiger partial charge in [0.1, 0.15) is 0 Å². The normalized spacial score (nSPS) is 11.4. The molecule has 0 spiro atoms. The van der Waals surface area contributed by atoms with Gasteiger partial charge >= 0.3 is 0 Å². The molecule has 300 valence electrons. The van der Waals surface area contributed by atoms with Crippen molar-refractivity contribution in [3.63, 3.8) is 0 Å². The van der Waals surface area contributed by atoms with Crippen LogP contribution in [-0.2, 0) is 20.0 Å². The van der Waals surface area contributed by atoms with E-state index in [1.54, 1.807) is 96.7 Å². The Morgan fingerprint density at radius 1 is 0.586 bits per heavy atom. The molecular weight excluding hydrogens is 838 g/mol. The molecule has 0 unspecified atom stereocenters. The van der Waals surface area contributed by atoms with Gasteiger partial charge in [0.05, 0.1) is 31.0 Å². The largest absolute Gasteiger partial charge is 0.383 e. The number of aromatic nitrogens is 2. The van der Waals surface area contributed by atoms with Gasteiger partial charge in [0, 0.05) is 45.4 Å². The molecule has 0 radical (unpaired) electrons. The average Bonchev–Trinajstić information content (AvgIpc) is 3.19. The van der Waals surface area contributed by atoms with Gasteiger partial charge in [0.25, 0.3) is 20.0 Å². The summed E-state index contributed by atoms with van der Waals surface area (Å²) in [5.74, 6) is -0.895. The van der Waals surface area contributed by atoms with Crippen LogP contribution in [0.5, 0.6) is 0 Å². The lowest BCUT2D eigenvalue weighted by Crippen LogP contribution is -2.17. The first-order valence-electron chi connectivity index (χ1n) is 17.7. The molecule has 3 N–H and O–H groups in total. The predicted octanol–water partition coefficient (Wildman–Crippen LogP) is 9.85. The van der Waals surface area contributed by atoms with Crippen LogP contribution < -0.4 is 14.8 Å². The summed E-state index contributed by atoms with van der Waals surface area (Å²) < 4.78 is 56.1. The Kier molecular flexibility index (Phi) is 14.7. The average molecular weight is 877 g/mol. The lowest BCUT2D eigenvalue weighted by Gasteiger charge is -2.13. The molecule has 0 aliphatic rings. The summed E-state index contributed by atoms with van der Waals surface area (Å²) >= 11 is 13.6. The summed E-state index contributed by atoms with van der Waals surface area (Å²) in [6.45, 7) is 8.11.